The molecule has 118 valence electrons. The highest BCUT2D eigenvalue weighted by molar-refractivity contribution is 9.10. The normalized spacial score (nSPS) is 20.7. The maximum Gasteiger partial charge on any atom is 0.310 e. The monoisotopic (exact) mass is 365 g/mol. The van der Waals surface area contributed by atoms with Crippen LogP contribution in [-0.4, -0.2) is 18.0 Å². The number of ether oxygens (including phenoxy) is 1. The van der Waals surface area contributed by atoms with Crippen LogP contribution in [0.3, 0.4) is 0 Å². The lowest BCUT2D eigenvalue weighted by Crippen LogP contribution is -2.36. The van der Waals surface area contributed by atoms with E-state index in [1.54, 1.807) is 0 Å². The van der Waals surface area contributed by atoms with Gasteiger partial charge in [0, 0.05) is 10.2 Å². The molecule has 22 heavy (non-hydrogen) atoms. The molecular formula is C17H20BrNO3. The smallest absolute Gasteiger partial charge is 0.310 e. The van der Waals surface area contributed by atoms with Crippen molar-refractivity contribution >= 4 is 33.5 Å². The zero-order valence-electron chi connectivity index (χ0n) is 12.7. The number of carbonyl (C=O) groups is 2. The van der Waals surface area contributed by atoms with E-state index in [0.717, 1.165) is 4.47 Å². The lowest BCUT2D eigenvalue weighted by atomic mass is 9.82. The van der Waals surface area contributed by atoms with Crippen molar-refractivity contribution in [1.82, 2.24) is 0 Å². The summed E-state index contributed by atoms with van der Waals surface area (Å²) < 4.78 is 6.17. The van der Waals surface area contributed by atoms with E-state index in [9.17, 15) is 9.59 Å². The number of esters is 1. The van der Waals surface area contributed by atoms with Gasteiger partial charge in [0.2, 0.25) is 5.91 Å². The molecule has 0 aliphatic heterocycles. The van der Waals surface area contributed by atoms with Crippen molar-refractivity contribution in [2.24, 2.45) is 11.8 Å². The molecule has 1 aliphatic carbocycles. The minimum absolute atomic E-state index is 0.145. The first-order valence-electron chi connectivity index (χ1n) is 7.39. The Morgan fingerprint density at radius 3 is 2.55 bits per heavy atom. The zero-order valence-corrected chi connectivity index (χ0v) is 14.3. The summed E-state index contributed by atoms with van der Waals surface area (Å²) in [6.07, 6.45) is 4.81. The van der Waals surface area contributed by atoms with Gasteiger partial charge >= 0.3 is 5.97 Å². The second kappa shape index (κ2) is 7.58. The zero-order chi connectivity index (χ0) is 16.1. The van der Waals surface area contributed by atoms with Crippen LogP contribution in [0, 0.1) is 11.8 Å². The average molecular weight is 366 g/mol. The Labute approximate surface area is 139 Å². The van der Waals surface area contributed by atoms with Crippen LogP contribution in [0.25, 0.3) is 0 Å². The Morgan fingerprint density at radius 1 is 1.23 bits per heavy atom. The van der Waals surface area contributed by atoms with E-state index >= 15 is 0 Å². The summed E-state index contributed by atoms with van der Waals surface area (Å²) in [5.74, 6) is -1.25. The lowest BCUT2D eigenvalue weighted by molar-refractivity contribution is -0.156. The minimum Gasteiger partial charge on any atom is -0.463 e. The fraction of sp³-hybridized carbons (Fsp3) is 0.412. The Morgan fingerprint density at radius 2 is 1.91 bits per heavy atom. The van der Waals surface area contributed by atoms with Crippen LogP contribution in [0.4, 0.5) is 5.69 Å². The first kappa shape index (κ1) is 16.7. The quantitative estimate of drug-likeness (QED) is 0.649. The predicted molar refractivity (Wildman–Crippen MR) is 89.4 cm³/mol. The Kier molecular flexibility index (Phi) is 5.77. The van der Waals surface area contributed by atoms with Crippen molar-refractivity contribution in [3.63, 3.8) is 0 Å². The van der Waals surface area contributed by atoms with Gasteiger partial charge in [-0.15, -0.1) is 0 Å². The molecule has 0 saturated heterocycles. The van der Waals surface area contributed by atoms with Crippen LogP contribution < -0.4 is 5.32 Å². The van der Waals surface area contributed by atoms with Crippen LogP contribution >= 0.6 is 15.9 Å². The summed E-state index contributed by atoms with van der Waals surface area (Å²) in [5.41, 5.74) is 0.713. The number of hydrogen-bond donors (Lipinski definition) is 1. The van der Waals surface area contributed by atoms with Crippen LogP contribution in [0.5, 0.6) is 0 Å². The van der Waals surface area contributed by atoms with Crippen LogP contribution in [0.1, 0.15) is 26.7 Å². The maximum absolute atomic E-state index is 12.5. The van der Waals surface area contributed by atoms with Gasteiger partial charge in [-0.05, 0) is 44.9 Å². The molecule has 1 aromatic carbocycles. The molecule has 1 aliphatic rings. The number of halogens is 1. The second-order valence-electron chi connectivity index (χ2n) is 5.64. The van der Waals surface area contributed by atoms with E-state index in [-0.39, 0.29) is 18.0 Å². The number of benzene rings is 1. The second-order valence-corrected chi connectivity index (χ2v) is 6.56. The largest absolute Gasteiger partial charge is 0.463 e. The van der Waals surface area contributed by atoms with Crippen LogP contribution in [0.2, 0.25) is 0 Å². The first-order valence-corrected chi connectivity index (χ1v) is 8.18. The van der Waals surface area contributed by atoms with Crippen molar-refractivity contribution in [1.29, 1.82) is 0 Å². The Bertz CT molecular complexity index is 583. The molecule has 0 bridgehead atoms. The van der Waals surface area contributed by atoms with E-state index in [0.29, 0.717) is 18.5 Å². The molecular weight excluding hydrogens is 346 g/mol. The van der Waals surface area contributed by atoms with Gasteiger partial charge in [0.1, 0.15) is 0 Å². The number of allylic oxidation sites excluding steroid dienone is 2. The molecule has 0 saturated carbocycles. The van der Waals surface area contributed by atoms with Gasteiger partial charge in [0.25, 0.3) is 0 Å². The molecule has 0 heterocycles. The molecule has 1 N–H and O–H groups in total. The summed E-state index contributed by atoms with van der Waals surface area (Å²) in [6.45, 7) is 3.63. The lowest BCUT2D eigenvalue weighted by Gasteiger charge is -2.26. The molecule has 2 rings (SSSR count). The van der Waals surface area contributed by atoms with Gasteiger partial charge in [-0.3, -0.25) is 9.59 Å². The number of amides is 1. The van der Waals surface area contributed by atoms with Gasteiger partial charge < -0.3 is 10.1 Å². The number of hydrogen-bond acceptors (Lipinski definition) is 3. The molecule has 0 radical (unpaired) electrons. The number of rotatable bonds is 4. The van der Waals surface area contributed by atoms with E-state index in [4.69, 9.17) is 4.74 Å². The van der Waals surface area contributed by atoms with E-state index in [1.165, 1.54) is 0 Å². The molecule has 1 aromatic rings. The summed E-state index contributed by atoms with van der Waals surface area (Å²) in [5, 5.41) is 2.88. The van der Waals surface area contributed by atoms with E-state index in [2.05, 4.69) is 21.2 Å². The minimum atomic E-state index is -0.417. The Hall–Kier alpha value is -1.62. The first-order chi connectivity index (χ1) is 10.5. The third-order valence-electron chi connectivity index (χ3n) is 3.52. The van der Waals surface area contributed by atoms with Gasteiger partial charge in [0.05, 0.1) is 17.9 Å². The highest BCUT2D eigenvalue weighted by atomic mass is 79.9. The Balaban J connectivity index is 2.08. The number of carbonyl (C=O) groups excluding carboxylic acids is 2. The molecule has 2 atom stereocenters. The molecule has 4 nitrogen and oxygen atoms in total. The topological polar surface area (TPSA) is 55.4 Å². The molecule has 0 unspecified atom stereocenters. The summed E-state index contributed by atoms with van der Waals surface area (Å²) >= 11 is 3.37. The van der Waals surface area contributed by atoms with E-state index in [1.807, 2.05) is 50.3 Å². The van der Waals surface area contributed by atoms with Crippen molar-refractivity contribution in [3.8, 4) is 0 Å². The highest BCUT2D eigenvalue weighted by Crippen LogP contribution is 2.29. The fourth-order valence-corrected chi connectivity index (χ4v) is 2.88. The van der Waals surface area contributed by atoms with Gasteiger partial charge in [-0.2, -0.15) is 0 Å². The molecule has 0 spiro atoms. The predicted octanol–water partition coefficient (Wildman–Crippen LogP) is 3.92. The molecule has 0 fully saturated rings. The molecule has 5 heteroatoms. The average Bonchev–Trinajstić information content (AvgIpc) is 2.46. The summed E-state index contributed by atoms with van der Waals surface area (Å²) in [7, 11) is 0. The van der Waals surface area contributed by atoms with Crippen molar-refractivity contribution in [3.05, 3.63) is 40.9 Å². The SMILES string of the molecule is CC(C)OC(=O)[C@@H]1CC=CC[C@@H]1C(=O)Nc1cccc(Br)c1. The summed E-state index contributed by atoms with van der Waals surface area (Å²) in [4.78, 5) is 24.7. The van der Waals surface area contributed by atoms with Gasteiger partial charge in [0.15, 0.2) is 0 Å². The van der Waals surface area contributed by atoms with Crippen LogP contribution in [0.15, 0.2) is 40.9 Å². The van der Waals surface area contributed by atoms with Crippen molar-refractivity contribution < 1.29 is 14.3 Å². The van der Waals surface area contributed by atoms with Crippen LogP contribution in [-0.2, 0) is 14.3 Å². The molecule has 0 aromatic heterocycles. The summed E-state index contributed by atoms with van der Waals surface area (Å²) in [6, 6.07) is 7.40. The van der Waals surface area contributed by atoms with Gasteiger partial charge in [-0.1, -0.05) is 34.1 Å². The van der Waals surface area contributed by atoms with Crippen molar-refractivity contribution in [2.45, 2.75) is 32.8 Å². The number of anilines is 1. The molecule has 1 amide bonds. The highest BCUT2D eigenvalue weighted by Gasteiger charge is 2.35. The standard InChI is InChI=1S/C17H20BrNO3/c1-11(2)22-17(21)15-9-4-3-8-14(15)16(20)19-13-7-5-6-12(18)10-13/h3-7,10-11,14-15H,8-9H2,1-2H3,(H,19,20)/t14-,15+/m0/s1. The fourth-order valence-electron chi connectivity index (χ4n) is 2.49. The third kappa shape index (κ3) is 4.44. The van der Waals surface area contributed by atoms with Gasteiger partial charge in [-0.25, -0.2) is 0 Å². The van der Waals surface area contributed by atoms with Crippen molar-refractivity contribution in [2.75, 3.05) is 5.32 Å². The maximum atomic E-state index is 12.5. The third-order valence-corrected chi connectivity index (χ3v) is 4.01. The van der Waals surface area contributed by atoms with E-state index < -0.39 is 11.8 Å². The number of nitrogens with one attached hydrogen (secondary N) is 1.